The van der Waals surface area contributed by atoms with E-state index in [1.54, 1.807) is 12.4 Å². The fraction of sp³-hybridized carbons (Fsp3) is 0.190. The minimum absolute atomic E-state index is 0.372. The van der Waals surface area contributed by atoms with Crippen LogP contribution < -0.4 is 14.8 Å². The van der Waals surface area contributed by atoms with E-state index in [1.807, 2.05) is 49.4 Å². The van der Waals surface area contributed by atoms with Crippen LogP contribution in [0.3, 0.4) is 0 Å². The van der Waals surface area contributed by atoms with E-state index in [-0.39, 0.29) is 0 Å². The normalized spacial score (nSPS) is 10.8. The van der Waals surface area contributed by atoms with Crippen LogP contribution in [-0.2, 0) is 6.61 Å². The Bertz CT molecular complexity index is 1100. The number of ether oxygens (including phenoxy) is 2. The number of hydrogen-bond donors (Lipinski definition) is 2. The molecule has 8 heteroatoms. The van der Waals surface area contributed by atoms with Gasteiger partial charge >= 0.3 is 0 Å². The van der Waals surface area contributed by atoms with Crippen LogP contribution >= 0.6 is 11.6 Å². The maximum Gasteiger partial charge on any atom is 0.244 e. The Morgan fingerprint density at radius 1 is 1.07 bits per heavy atom. The summed E-state index contributed by atoms with van der Waals surface area (Å²) >= 11 is 5.73. The summed E-state index contributed by atoms with van der Waals surface area (Å²) < 4.78 is 11.5. The number of alkyl halides is 1. The largest absolute Gasteiger partial charge is 0.487 e. The van der Waals surface area contributed by atoms with Crippen LogP contribution in [0.4, 0.5) is 11.5 Å². The standard InChI is InChI=1S/C21H20ClN5O2/c1-14-12-15(5-6-18(14)29-13-16-4-2-3-9-23-16)25-20-19-17(7-10-24-20)26-27-21(19)28-11-8-22/h2-7,9-10,12H,8,11,13H2,1H3,(H,24,25)(H,26,27). The van der Waals surface area contributed by atoms with Gasteiger partial charge in [0.15, 0.2) is 0 Å². The Balaban J connectivity index is 1.52. The zero-order valence-electron chi connectivity index (χ0n) is 15.9. The van der Waals surface area contributed by atoms with Crippen LogP contribution in [0.25, 0.3) is 10.9 Å². The molecule has 2 N–H and O–H groups in total. The Hall–Kier alpha value is -3.32. The van der Waals surface area contributed by atoms with Gasteiger partial charge in [-0.25, -0.2) is 4.98 Å². The highest BCUT2D eigenvalue weighted by molar-refractivity contribution is 6.18. The fourth-order valence-corrected chi connectivity index (χ4v) is 3.01. The average Bonchev–Trinajstić information content (AvgIpc) is 3.16. The van der Waals surface area contributed by atoms with Gasteiger partial charge in [0.25, 0.3) is 0 Å². The van der Waals surface area contributed by atoms with Crippen molar-refractivity contribution in [2.75, 3.05) is 17.8 Å². The molecule has 3 heterocycles. The molecule has 0 unspecified atom stereocenters. The summed E-state index contributed by atoms with van der Waals surface area (Å²) in [6.07, 6.45) is 3.47. The lowest BCUT2D eigenvalue weighted by Gasteiger charge is -2.12. The van der Waals surface area contributed by atoms with E-state index in [9.17, 15) is 0 Å². The first-order chi connectivity index (χ1) is 14.2. The molecule has 29 heavy (non-hydrogen) atoms. The van der Waals surface area contributed by atoms with Gasteiger partial charge in [0.2, 0.25) is 5.88 Å². The maximum absolute atomic E-state index is 5.90. The molecule has 0 aliphatic carbocycles. The zero-order chi connectivity index (χ0) is 20.1. The number of pyridine rings is 2. The molecule has 0 aliphatic rings. The van der Waals surface area contributed by atoms with Crippen molar-refractivity contribution < 1.29 is 9.47 Å². The van der Waals surface area contributed by atoms with Gasteiger partial charge < -0.3 is 14.8 Å². The maximum atomic E-state index is 5.90. The third-order valence-electron chi connectivity index (χ3n) is 4.30. The van der Waals surface area contributed by atoms with Crippen molar-refractivity contribution >= 4 is 34.0 Å². The number of H-pyrrole nitrogens is 1. The van der Waals surface area contributed by atoms with Gasteiger partial charge in [-0.3, -0.25) is 10.1 Å². The number of fused-ring (bicyclic) bond motifs is 1. The first-order valence-corrected chi connectivity index (χ1v) is 9.70. The van der Waals surface area contributed by atoms with Crippen molar-refractivity contribution in [2.24, 2.45) is 0 Å². The number of halogens is 1. The molecule has 1 aromatic carbocycles. The van der Waals surface area contributed by atoms with Crippen molar-refractivity contribution in [3.05, 3.63) is 66.1 Å². The molecule has 0 fully saturated rings. The number of aromatic nitrogens is 4. The van der Waals surface area contributed by atoms with Gasteiger partial charge in [-0.05, 0) is 48.9 Å². The van der Waals surface area contributed by atoms with Gasteiger partial charge in [0.1, 0.15) is 30.2 Å². The molecule has 148 valence electrons. The van der Waals surface area contributed by atoms with Gasteiger partial charge in [-0.2, -0.15) is 0 Å². The number of benzene rings is 1. The molecule has 0 bridgehead atoms. The quantitative estimate of drug-likeness (QED) is 0.413. The third-order valence-corrected chi connectivity index (χ3v) is 4.45. The molecule has 4 aromatic rings. The highest BCUT2D eigenvalue weighted by atomic mass is 35.5. The lowest BCUT2D eigenvalue weighted by Crippen LogP contribution is -2.01. The predicted octanol–water partition coefficient (Wildman–Crippen LogP) is 4.60. The number of nitrogens with one attached hydrogen (secondary N) is 2. The van der Waals surface area contributed by atoms with E-state index in [2.05, 4.69) is 25.5 Å². The molecule has 7 nitrogen and oxygen atoms in total. The third kappa shape index (κ3) is 4.41. The SMILES string of the molecule is Cc1cc(Nc2nccc3[nH]nc(OCCCl)c23)ccc1OCc1ccccn1. The van der Waals surface area contributed by atoms with Crippen molar-refractivity contribution in [1.82, 2.24) is 20.2 Å². The summed E-state index contributed by atoms with van der Waals surface area (Å²) in [5, 5.41) is 11.3. The van der Waals surface area contributed by atoms with E-state index in [4.69, 9.17) is 21.1 Å². The smallest absolute Gasteiger partial charge is 0.244 e. The minimum Gasteiger partial charge on any atom is -0.487 e. The zero-order valence-corrected chi connectivity index (χ0v) is 16.6. The lowest BCUT2D eigenvalue weighted by atomic mass is 10.2. The molecule has 0 atom stereocenters. The summed E-state index contributed by atoms with van der Waals surface area (Å²) in [5.41, 5.74) is 3.61. The average molecular weight is 410 g/mol. The van der Waals surface area contributed by atoms with Crippen LogP contribution in [-0.4, -0.2) is 32.7 Å². The molecule has 0 aliphatic heterocycles. The molecule has 3 aromatic heterocycles. The van der Waals surface area contributed by atoms with E-state index in [0.717, 1.165) is 33.6 Å². The minimum atomic E-state index is 0.372. The van der Waals surface area contributed by atoms with E-state index < -0.39 is 0 Å². The van der Waals surface area contributed by atoms with E-state index in [0.29, 0.717) is 30.8 Å². The Labute approximate surface area is 173 Å². The van der Waals surface area contributed by atoms with Gasteiger partial charge in [-0.1, -0.05) is 6.07 Å². The summed E-state index contributed by atoms with van der Waals surface area (Å²) in [6.45, 7) is 2.79. The highest BCUT2D eigenvalue weighted by Crippen LogP contribution is 2.31. The summed E-state index contributed by atoms with van der Waals surface area (Å²) in [4.78, 5) is 8.72. The van der Waals surface area contributed by atoms with Crippen molar-refractivity contribution in [3.8, 4) is 11.6 Å². The van der Waals surface area contributed by atoms with E-state index in [1.165, 1.54) is 0 Å². The van der Waals surface area contributed by atoms with Crippen molar-refractivity contribution in [1.29, 1.82) is 0 Å². The number of hydrogen-bond acceptors (Lipinski definition) is 6. The molecule has 0 saturated heterocycles. The number of nitrogens with zero attached hydrogens (tertiary/aromatic N) is 3. The van der Waals surface area contributed by atoms with Gasteiger partial charge in [0, 0.05) is 18.1 Å². The number of aryl methyl sites for hydroxylation is 1. The topological polar surface area (TPSA) is 85.0 Å². The Morgan fingerprint density at radius 2 is 2.00 bits per heavy atom. The summed E-state index contributed by atoms with van der Waals surface area (Å²) in [6, 6.07) is 13.5. The van der Waals surface area contributed by atoms with E-state index >= 15 is 0 Å². The second-order valence-corrected chi connectivity index (χ2v) is 6.74. The number of aromatic amines is 1. The van der Waals surface area contributed by atoms with Crippen LogP contribution in [0, 0.1) is 6.92 Å². The van der Waals surface area contributed by atoms with Crippen molar-refractivity contribution in [2.45, 2.75) is 13.5 Å². The summed E-state index contributed by atoms with van der Waals surface area (Å²) in [5.74, 6) is 2.32. The molecule has 0 saturated carbocycles. The highest BCUT2D eigenvalue weighted by Gasteiger charge is 2.13. The first kappa shape index (κ1) is 19.0. The second kappa shape index (κ2) is 8.79. The van der Waals surface area contributed by atoms with Crippen LogP contribution in [0.15, 0.2) is 54.9 Å². The van der Waals surface area contributed by atoms with Gasteiger partial charge in [0.05, 0.1) is 17.1 Å². The molecule has 0 radical (unpaired) electrons. The number of anilines is 2. The molecular formula is C21H20ClN5O2. The van der Waals surface area contributed by atoms with Crippen LogP contribution in [0.1, 0.15) is 11.3 Å². The molecular weight excluding hydrogens is 390 g/mol. The molecule has 0 spiro atoms. The predicted molar refractivity (Wildman–Crippen MR) is 113 cm³/mol. The molecule has 4 rings (SSSR count). The lowest BCUT2D eigenvalue weighted by molar-refractivity contribution is 0.299. The van der Waals surface area contributed by atoms with Crippen LogP contribution in [0.5, 0.6) is 11.6 Å². The van der Waals surface area contributed by atoms with Crippen molar-refractivity contribution in [3.63, 3.8) is 0 Å². The van der Waals surface area contributed by atoms with Gasteiger partial charge in [-0.15, -0.1) is 16.7 Å². The summed E-state index contributed by atoms with van der Waals surface area (Å²) in [7, 11) is 0. The Kier molecular flexibility index (Phi) is 5.76. The number of rotatable bonds is 8. The molecule has 0 amide bonds. The second-order valence-electron chi connectivity index (χ2n) is 6.36. The first-order valence-electron chi connectivity index (χ1n) is 9.17. The Morgan fingerprint density at radius 3 is 2.79 bits per heavy atom. The van der Waals surface area contributed by atoms with Crippen LogP contribution in [0.2, 0.25) is 0 Å². The monoisotopic (exact) mass is 409 g/mol. The fourth-order valence-electron chi connectivity index (χ4n) is 2.93.